The minimum atomic E-state index is -0.182. The Bertz CT molecular complexity index is 261. The van der Waals surface area contributed by atoms with E-state index in [1.54, 1.807) is 0 Å². The lowest BCUT2D eigenvalue weighted by Crippen LogP contribution is -1.99. The van der Waals surface area contributed by atoms with Gasteiger partial charge in [-0.05, 0) is 25.3 Å². The van der Waals surface area contributed by atoms with E-state index in [0.29, 0.717) is 12.1 Å². The molecule has 0 bridgehead atoms. The van der Waals surface area contributed by atoms with Gasteiger partial charge in [0.1, 0.15) is 0 Å². The third kappa shape index (κ3) is 7.46. The average molecular weight is 253 g/mol. The second-order valence-corrected chi connectivity index (χ2v) is 5.38. The summed E-state index contributed by atoms with van der Waals surface area (Å²) in [5.41, 5.74) is 0.449. The molecule has 1 aliphatic carbocycles. The summed E-state index contributed by atoms with van der Waals surface area (Å²) in [6, 6.07) is 0. The lowest BCUT2D eigenvalue weighted by atomic mass is 10.1. The summed E-state index contributed by atoms with van der Waals surface area (Å²) in [5.74, 6) is 0. The second kappa shape index (κ2) is 10.1. The highest BCUT2D eigenvalue weighted by molar-refractivity contribution is 4.91. The molecule has 3 nitrogen and oxygen atoms in total. The van der Waals surface area contributed by atoms with E-state index in [1.807, 2.05) is 6.08 Å². The van der Waals surface area contributed by atoms with Crippen LogP contribution in [0.25, 0.3) is 0 Å². The fourth-order valence-electron chi connectivity index (χ4n) is 2.58. The molecule has 0 unspecified atom stereocenters. The highest BCUT2D eigenvalue weighted by atomic mass is 16.6. The molecule has 18 heavy (non-hydrogen) atoms. The van der Waals surface area contributed by atoms with Crippen molar-refractivity contribution in [3.63, 3.8) is 0 Å². The van der Waals surface area contributed by atoms with E-state index < -0.39 is 0 Å². The molecule has 0 aromatic carbocycles. The zero-order valence-corrected chi connectivity index (χ0v) is 11.5. The van der Waals surface area contributed by atoms with Crippen molar-refractivity contribution in [2.45, 2.75) is 83.5 Å². The normalized spacial score (nSPS) is 24.3. The van der Waals surface area contributed by atoms with Crippen LogP contribution in [0.4, 0.5) is 0 Å². The summed E-state index contributed by atoms with van der Waals surface area (Å²) >= 11 is 0. The van der Waals surface area contributed by atoms with Gasteiger partial charge in [-0.1, -0.05) is 57.8 Å². The standard InChI is InChI=1S/C15H27NO2/c17-16(18)15-13-11-9-7-5-3-1-2-4-6-8-10-12-14-15/h13H,1-12,14H2/b15-13+. The van der Waals surface area contributed by atoms with Crippen LogP contribution >= 0.6 is 0 Å². The van der Waals surface area contributed by atoms with Crippen molar-refractivity contribution in [1.29, 1.82) is 0 Å². The second-order valence-electron chi connectivity index (χ2n) is 5.38. The summed E-state index contributed by atoms with van der Waals surface area (Å²) in [6.45, 7) is 0. The highest BCUT2D eigenvalue weighted by Gasteiger charge is 2.09. The monoisotopic (exact) mass is 253 g/mol. The molecule has 1 rings (SSSR count). The van der Waals surface area contributed by atoms with Gasteiger partial charge < -0.3 is 0 Å². The Morgan fingerprint density at radius 1 is 0.778 bits per heavy atom. The van der Waals surface area contributed by atoms with E-state index in [2.05, 4.69) is 0 Å². The molecule has 0 amide bonds. The first-order chi connectivity index (χ1) is 8.80. The van der Waals surface area contributed by atoms with Crippen LogP contribution in [0.15, 0.2) is 11.8 Å². The molecule has 3 heteroatoms. The SMILES string of the molecule is O=[N+]([O-])/C1=C/CCCCCCCCCCCCC1. The van der Waals surface area contributed by atoms with E-state index in [1.165, 1.54) is 51.4 Å². The van der Waals surface area contributed by atoms with Crippen molar-refractivity contribution in [2.75, 3.05) is 0 Å². The molecule has 0 N–H and O–H groups in total. The largest absolute Gasteiger partial charge is 0.259 e. The van der Waals surface area contributed by atoms with Crippen molar-refractivity contribution in [3.8, 4) is 0 Å². The minimum Gasteiger partial charge on any atom is -0.259 e. The number of rotatable bonds is 1. The molecule has 0 aromatic heterocycles. The predicted molar refractivity (Wildman–Crippen MR) is 75.1 cm³/mol. The molecule has 0 fully saturated rings. The van der Waals surface area contributed by atoms with Crippen LogP contribution in [0.5, 0.6) is 0 Å². The van der Waals surface area contributed by atoms with Crippen LogP contribution in [0.3, 0.4) is 0 Å². The molecule has 0 atom stereocenters. The van der Waals surface area contributed by atoms with E-state index in [-0.39, 0.29) is 4.92 Å². The molecule has 0 aliphatic heterocycles. The van der Waals surface area contributed by atoms with Gasteiger partial charge in [0.2, 0.25) is 5.70 Å². The summed E-state index contributed by atoms with van der Waals surface area (Å²) < 4.78 is 0. The molecule has 0 heterocycles. The van der Waals surface area contributed by atoms with Crippen molar-refractivity contribution >= 4 is 0 Å². The Balaban J connectivity index is 2.36. The van der Waals surface area contributed by atoms with E-state index in [0.717, 1.165) is 25.7 Å². The van der Waals surface area contributed by atoms with Gasteiger partial charge in [-0.3, -0.25) is 10.1 Å². The maximum absolute atomic E-state index is 10.9. The Morgan fingerprint density at radius 2 is 1.22 bits per heavy atom. The van der Waals surface area contributed by atoms with Crippen LogP contribution in [0, 0.1) is 10.1 Å². The smallest absolute Gasteiger partial charge is 0.242 e. The molecule has 0 saturated heterocycles. The van der Waals surface area contributed by atoms with Gasteiger partial charge in [0, 0.05) is 6.42 Å². The van der Waals surface area contributed by atoms with Gasteiger partial charge in [-0.15, -0.1) is 0 Å². The fraction of sp³-hybridized carbons (Fsp3) is 0.867. The van der Waals surface area contributed by atoms with Crippen LogP contribution in [-0.4, -0.2) is 4.92 Å². The van der Waals surface area contributed by atoms with Gasteiger partial charge in [-0.25, -0.2) is 0 Å². The molecule has 0 radical (unpaired) electrons. The summed E-state index contributed by atoms with van der Waals surface area (Å²) in [7, 11) is 0. The van der Waals surface area contributed by atoms with Crippen LogP contribution in [-0.2, 0) is 0 Å². The quantitative estimate of drug-likeness (QED) is 0.474. The number of hydrogen-bond donors (Lipinski definition) is 0. The highest BCUT2D eigenvalue weighted by Crippen LogP contribution is 2.16. The van der Waals surface area contributed by atoms with Gasteiger partial charge in [0.25, 0.3) is 0 Å². The molecular weight excluding hydrogens is 226 g/mol. The molecule has 1 aliphatic rings. The Morgan fingerprint density at radius 3 is 1.72 bits per heavy atom. The first-order valence-electron chi connectivity index (χ1n) is 7.64. The summed E-state index contributed by atoms with van der Waals surface area (Å²) in [6.07, 6.45) is 17.1. The van der Waals surface area contributed by atoms with Crippen molar-refractivity contribution in [1.82, 2.24) is 0 Å². The van der Waals surface area contributed by atoms with Crippen LogP contribution < -0.4 is 0 Å². The number of nitro groups is 1. The first kappa shape index (κ1) is 15.2. The van der Waals surface area contributed by atoms with Gasteiger partial charge >= 0.3 is 0 Å². The Kier molecular flexibility index (Phi) is 8.53. The third-order valence-corrected chi connectivity index (χ3v) is 3.75. The predicted octanol–water partition coefficient (Wildman–Crippen LogP) is 5.23. The minimum absolute atomic E-state index is 0.182. The molecule has 0 aromatic rings. The van der Waals surface area contributed by atoms with Crippen molar-refractivity contribution < 1.29 is 4.92 Å². The van der Waals surface area contributed by atoms with Crippen LogP contribution in [0.1, 0.15) is 83.5 Å². The van der Waals surface area contributed by atoms with Crippen molar-refractivity contribution in [3.05, 3.63) is 21.9 Å². The van der Waals surface area contributed by atoms with Gasteiger partial charge in [-0.2, -0.15) is 0 Å². The molecular formula is C15H27NO2. The lowest BCUT2D eigenvalue weighted by molar-refractivity contribution is -0.428. The topological polar surface area (TPSA) is 43.1 Å². The maximum Gasteiger partial charge on any atom is 0.242 e. The molecule has 0 spiro atoms. The summed E-state index contributed by atoms with van der Waals surface area (Å²) in [5, 5.41) is 10.9. The van der Waals surface area contributed by atoms with E-state index >= 15 is 0 Å². The van der Waals surface area contributed by atoms with E-state index in [9.17, 15) is 10.1 Å². The lowest BCUT2D eigenvalue weighted by Gasteiger charge is -2.01. The Hall–Kier alpha value is -0.860. The van der Waals surface area contributed by atoms with Crippen LogP contribution in [0.2, 0.25) is 0 Å². The van der Waals surface area contributed by atoms with Gasteiger partial charge in [0.15, 0.2) is 0 Å². The zero-order valence-electron chi connectivity index (χ0n) is 11.5. The maximum atomic E-state index is 10.9. The first-order valence-corrected chi connectivity index (χ1v) is 7.64. The third-order valence-electron chi connectivity index (χ3n) is 3.75. The summed E-state index contributed by atoms with van der Waals surface area (Å²) in [4.78, 5) is 10.7. The zero-order chi connectivity index (χ0) is 13.1. The van der Waals surface area contributed by atoms with E-state index in [4.69, 9.17) is 0 Å². The Labute approximate surface area is 111 Å². The molecule has 104 valence electrons. The fourth-order valence-corrected chi connectivity index (χ4v) is 2.58. The average Bonchev–Trinajstić information content (AvgIpc) is 2.36. The van der Waals surface area contributed by atoms with Crippen molar-refractivity contribution in [2.24, 2.45) is 0 Å². The number of hydrogen-bond acceptors (Lipinski definition) is 2. The van der Waals surface area contributed by atoms with Gasteiger partial charge in [0.05, 0.1) is 4.92 Å². The molecule has 0 saturated carbocycles. The number of nitrogens with zero attached hydrogens (tertiary/aromatic N) is 1. The number of allylic oxidation sites excluding steroid dienone is 2.